The van der Waals surface area contributed by atoms with Gasteiger partial charge in [0.15, 0.2) is 0 Å². The van der Waals surface area contributed by atoms with Crippen LogP contribution in [0.15, 0.2) is 0 Å². The summed E-state index contributed by atoms with van der Waals surface area (Å²) in [5.41, 5.74) is 0. The molecule has 4 nitrogen and oxygen atoms in total. The number of amides is 1. The molecule has 1 atom stereocenters. The first kappa shape index (κ1) is 12.2. The summed E-state index contributed by atoms with van der Waals surface area (Å²) in [6.07, 6.45) is 0.352. The van der Waals surface area contributed by atoms with Crippen molar-refractivity contribution >= 4 is 23.5 Å². The zero-order valence-corrected chi connectivity index (χ0v) is 8.43. The highest BCUT2D eigenvalue weighted by atomic mass is 35.5. The van der Waals surface area contributed by atoms with Gasteiger partial charge in [-0.2, -0.15) is 0 Å². The standard InChI is InChI=1S/C8H14ClNO3/c1-5(2)3-6(8(12)13)10-7(11)4-9/h5-6H,3-4H2,1-2H3,(H,10,11)(H,12,13)/p-1/t6-/m0/s1. The van der Waals surface area contributed by atoms with E-state index in [1.807, 2.05) is 13.8 Å². The van der Waals surface area contributed by atoms with Gasteiger partial charge in [0.1, 0.15) is 5.88 Å². The second-order valence-corrected chi connectivity index (χ2v) is 3.47. The molecule has 1 amide bonds. The highest BCUT2D eigenvalue weighted by Crippen LogP contribution is 2.03. The molecule has 0 aromatic carbocycles. The third-order valence-electron chi connectivity index (χ3n) is 1.45. The molecule has 0 bridgehead atoms. The van der Waals surface area contributed by atoms with Crippen LogP contribution in [0.25, 0.3) is 0 Å². The van der Waals surface area contributed by atoms with Crippen molar-refractivity contribution < 1.29 is 14.7 Å². The maximum atomic E-state index is 10.8. The average Bonchev–Trinajstić information content (AvgIpc) is 2.02. The molecule has 1 N–H and O–H groups in total. The lowest BCUT2D eigenvalue weighted by Crippen LogP contribution is -2.48. The zero-order chi connectivity index (χ0) is 10.4. The number of halogens is 1. The summed E-state index contributed by atoms with van der Waals surface area (Å²) in [5, 5.41) is 12.8. The van der Waals surface area contributed by atoms with Crippen LogP contribution in [-0.4, -0.2) is 23.8 Å². The van der Waals surface area contributed by atoms with Crippen LogP contribution in [-0.2, 0) is 9.59 Å². The van der Waals surface area contributed by atoms with E-state index < -0.39 is 17.9 Å². The fourth-order valence-corrected chi connectivity index (χ4v) is 0.996. The number of nitrogens with one attached hydrogen (secondary N) is 1. The number of rotatable bonds is 5. The Morgan fingerprint density at radius 1 is 1.46 bits per heavy atom. The molecule has 0 aromatic heterocycles. The van der Waals surface area contributed by atoms with Crippen LogP contribution in [0.1, 0.15) is 20.3 Å². The number of hydrogen-bond donors (Lipinski definition) is 1. The minimum atomic E-state index is -1.27. The molecule has 0 saturated carbocycles. The number of carbonyl (C=O) groups excluding carboxylic acids is 2. The zero-order valence-electron chi connectivity index (χ0n) is 7.67. The summed E-state index contributed by atoms with van der Waals surface area (Å²) in [5.74, 6) is -1.82. The Hall–Kier alpha value is -0.770. The van der Waals surface area contributed by atoms with Crippen molar-refractivity contribution in [3.8, 4) is 0 Å². The predicted octanol–water partition coefficient (Wildman–Crippen LogP) is -0.494. The summed E-state index contributed by atoms with van der Waals surface area (Å²) in [7, 11) is 0. The minimum Gasteiger partial charge on any atom is -0.548 e. The molecule has 0 aromatic rings. The molecule has 0 aliphatic carbocycles. The van der Waals surface area contributed by atoms with Crippen LogP contribution in [0.5, 0.6) is 0 Å². The van der Waals surface area contributed by atoms with E-state index in [4.69, 9.17) is 11.6 Å². The number of alkyl halides is 1. The van der Waals surface area contributed by atoms with Gasteiger partial charge < -0.3 is 15.2 Å². The number of carboxylic acid groups (broad SMARTS) is 1. The summed E-state index contributed by atoms with van der Waals surface area (Å²) in [6.45, 7) is 3.73. The van der Waals surface area contributed by atoms with Crippen molar-refractivity contribution in [3.63, 3.8) is 0 Å². The molecule has 5 heteroatoms. The van der Waals surface area contributed by atoms with Gasteiger partial charge in [-0.15, -0.1) is 11.6 Å². The summed E-state index contributed by atoms with van der Waals surface area (Å²) in [4.78, 5) is 21.3. The first-order chi connectivity index (χ1) is 5.97. The van der Waals surface area contributed by atoms with Gasteiger partial charge in [-0.3, -0.25) is 4.79 Å². The molecule has 13 heavy (non-hydrogen) atoms. The van der Waals surface area contributed by atoms with E-state index in [0.29, 0.717) is 6.42 Å². The molecular formula is C8H13ClNO3-. The van der Waals surface area contributed by atoms with Gasteiger partial charge in [0, 0.05) is 0 Å². The van der Waals surface area contributed by atoms with Crippen molar-refractivity contribution in [1.29, 1.82) is 0 Å². The van der Waals surface area contributed by atoms with Crippen molar-refractivity contribution in [3.05, 3.63) is 0 Å². The molecule has 0 unspecified atom stereocenters. The van der Waals surface area contributed by atoms with Crippen molar-refractivity contribution in [1.82, 2.24) is 5.32 Å². The lowest BCUT2D eigenvalue weighted by molar-refractivity contribution is -0.308. The minimum absolute atomic E-state index is 0.179. The quantitative estimate of drug-likeness (QED) is 0.617. The van der Waals surface area contributed by atoms with Crippen LogP contribution in [0.3, 0.4) is 0 Å². The second kappa shape index (κ2) is 5.80. The molecule has 76 valence electrons. The Morgan fingerprint density at radius 2 is 2.00 bits per heavy atom. The third-order valence-corrected chi connectivity index (χ3v) is 1.69. The average molecular weight is 207 g/mol. The van der Waals surface area contributed by atoms with E-state index in [2.05, 4.69) is 5.32 Å². The third kappa shape index (κ3) is 5.47. The second-order valence-electron chi connectivity index (χ2n) is 3.20. The van der Waals surface area contributed by atoms with Crippen LogP contribution < -0.4 is 10.4 Å². The Bertz CT molecular complexity index is 194. The molecule has 0 aliphatic heterocycles. The van der Waals surface area contributed by atoms with Crippen LogP contribution in [0.4, 0.5) is 0 Å². The van der Waals surface area contributed by atoms with Gasteiger partial charge in [0.25, 0.3) is 0 Å². The van der Waals surface area contributed by atoms with Crippen molar-refractivity contribution in [2.24, 2.45) is 5.92 Å². The lowest BCUT2D eigenvalue weighted by Gasteiger charge is -2.20. The molecule has 0 radical (unpaired) electrons. The molecule has 0 rings (SSSR count). The van der Waals surface area contributed by atoms with Gasteiger partial charge >= 0.3 is 0 Å². The summed E-state index contributed by atoms with van der Waals surface area (Å²) >= 11 is 5.21. The largest absolute Gasteiger partial charge is 0.548 e. The van der Waals surface area contributed by atoms with E-state index in [0.717, 1.165) is 0 Å². The van der Waals surface area contributed by atoms with Crippen LogP contribution in [0.2, 0.25) is 0 Å². The van der Waals surface area contributed by atoms with Crippen molar-refractivity contribution in [2.75, 3.05) is 5.88 Å². The number of aliphatic carboxylic acids is 1. The highest BCUT2D eigenvalue weighted by Gasteiger charge is 2.13. The SMILES string of the molecule is CC(C)C[C@H](NC(=O)CCl)C(=O)[O-]. The summed E-state index contributed by atoms with van der Waals surface area (Å²) in [6, 6.07) is -0.939. The first-order valence-electron chi connectivity index (χ1n) is 4.03. The lowest BCUT2D eigenvalue weighted by atomic mass is 10.0. The first-order valence-corrected chi connectivity index (χ1v) is 4.57. The topological polar surface area (TPSA) is 69.2 Å². The Kier molecular flexibility index (Phi) is 5.46. The number of hydrogen-bond acceptors (Lipinski definition) is 3. The monoisotopic (exact) mass is 206 g/mol. The number of carboxylic acids is 1. The van der Waals surface area contributed by atoms with Gasteiger partial charge in [-0.05, 0) is 12.3 Å². The fourth-order valence-electron chi connectivity index (χ4n) is 0.918. The Balaban J connectivity index is 4.10. The van der Waals surface area contributed by atoms with Crippen LogP contribution in [0, 0.1) is 5.92 Å². The molecule has 0 spiro atoms. The van der Waals surface area contributed by atoms with E-state index >= 15 is 0 Å². The maximum absolute atomic E-state index is 10.8. The number of carbonyl (C=O) groups is 2. The van der Waals surface area contributed by atoms with Gasteiger partial charge in [0.05, 0.1) is 12.0 Å². The normalized spacial score (nSPS) is 12.6. The Morgan fingerprint density at radius 3 is 2.31 bits per heavy atom. The molecule has 0 aliphatic rings. The van der Waals surface area contributed by atoms with Crippen molar-refractivity contribution in [2.45, 2.75) is 26.3 Å². The molecule has 0 fully saturated rings. The highest BCUT2D eigenvalue weighted by molar-refractivity contribution is 6.27. The molecular weight excluding hydrogens is 194 g/mol. The fraction of sp³-hybridized carbons (Fsp3) is 0.750. The maximum Gasteiger partial charge on any atom is 0.235 e. The summed E-state index contributed by atoms with van der Waals surface area (Å²) < 4.78 is 0. The van der Waals surface area contributed by atoms with Gasteiger partial charge in [0.2, 0.25) is 5.91 Å². The van der Waals surface area contributed by atoms with Gasteiger partial charge in [-0.25, -0.2) is 0 Å². The van der Waals surface area contributed by atoms with E-state index in [9.17, 15) is 14.7 Å². The van der Waals surface area contributed by atoms with E-state index in [1.54, 1.807) is 0 Å². The van der Waals surface area contributed by atoms with Crippen LogP contribution >= 0.6 is 11.6 Å². The smallest absolute Gasteiger partial charge is 0.235 e. The van der Waals surface area contributed by atoms with E-state index in [-0.39, 0.29) is 11.8 Å². The van der Waals surface area contributed by atoms with E-state index in [1.165, 1.54) is 0 Å². The predicted molar refractivity (Wildman–Crippen MR) is 47.1 cm³/mol. The Labute approximate surface area is 82.3 Å². The molecule has 0 saturated heterocycles. The molecule has 0 heterocycles. The van der Waals surface area contributed by atoms with Gasteiger partial charge in [-0.1, -0.05) is 13.8 Å².